The molecule has 0 aromatic heterocycles. The minimum Gasteiger partial charge on any atom is -0.480 e. The summed E-state index contributed by atoms with van der Waals surface area (Å²) in [6.07, 6.45) is 2.91. The van der Waals surface area contributed by atoms with Crippen LogP contribution in [-0.4, -0.2) is 23.7 Å². The fourth-order valence-electron chi connectivity index (χ4n) is 1.41. The summed E-state index contributed by atoms with van der Waals surface area (Å²) in [5, 5.41) is 11.7. The third kappa shape index (κ3) is 2.50. The average molecular weight is 157 g/mol. The van der Waals surface area contributed by atoms with E-state index in [-0.39, 0.29) is 6.04 Å². The second kappa shape index (κ2) is 3.72. The van der Waals surface area contributed by atoms with Gasteiger partial charge in [0.2, 0.25) is 0 Å². The van der Waals surface area contributed by atoms with Crippen molar-refractivity contribution in [3.63, 3.8) is 0 Å². The molecule has 3 heteroatoms. The standard InChI is InChI=1S/C8H15NO2/c1-6-2-3-7(8(10)11)9-5-4-6/h6-7,9H,2-5H2,1H3,(H,10,11). The van der Waals surface area contributed by atoms with Gasteiger partial charge in [-0.15, -0.1) is 0 Å². The van der Waals surface area contributed by atoms with Crippen LogP contribution in [0.25, 0.3) is 0 Å². The molecule has 1 heterocycles. The lowest BCUT2D eigenvalue weighted by molar-refractivity contribution is -0.139. The van der Waals surface area contributed by atoms with Crippen molar-refractivity contribution in [2.24, 2.45) is 5.92 Å². The largest absolute Gasteiger partial charge is 0.480 e. The Bertz CT molecular complexity index is 147. The minimum absolute atomic E-state index is 0.306. The summed E-state index contributed by atoms with van der Waals surface area (Å²) in [5.41, 5.74) is 0. The second-order valence-electron chi connectivity index (χ2n) is 3.32. The Morgan fingerprint density at radius 2 is 2.18 bits per heavy atom. The van der Waals surface area contributed by atoms with E-state index in [2.05, 4.69) is 12.2 Å². The Morgan fingerprint density at radius 1 is 1.45 bits per heavy atom. The normalized spacial score (nSPS) is 32.8. The van der Waals surface area contributed by atoms with Crippen LogP contribution < -0.4 is 5.32 Å². The molecule has 1 fully saturated rings. The van der Waals surface area contributed by atoms with Crippen molar-refractivity contribution in [2.45, 2.75) is 32.2 Å². The molecular weight excluding hydrogens is 142 g/mol. The van der Waals surface area contributed by atoms with Crippen LogP contribution in [0.5, 0.6) is 0 Å². The smallest absolute Gasteiger partial charge is 0.320 e. The lowest BCUT2D eigenvalue weighted by atomic mass is 10.0. The van der Waals surface area contributed by atoms with Crippen molar-refractivity contribution >= 4 is 5.97 Å². The summed E-state index contributed by atoms with van der Waals surface area (Å²) in [6.45, 7) is 3.02. The molecule has 11 heavy (non-hydrogen) atoms. The van der Waals surface area contributed by atoms with Crippen LogP contribution >= 0.6 is 0 Å². The number of aliphatic carboxylic acids is 1. The van der Waals surface area contributed by atoms with Gasteiger partial charge >= 0.3 is 5.97 Å². The van der Waals surface area contributed by atoms with Crippen LogP contribution in [0.2, 0.25) is 0 Å². The molecule has 1 aliphatic rings. The molecule has 0 saturated carbocycles. The molecule has 0 spiro atoms. The maximum absolute atomic E-state index is 10.6. The monoisotopic (exact) mass is 157 g/mol. The first-order valence-corrected chi connectivity index (χ1v) is 4.16. The van der Waals surface area contributed by atoms with Crippen LogP contribution in [0.3, 0.4) is 0 Å². The lowest BCUT2D eigenvalue weighted by Gasteiger charge is -2.08. The topological polar surface area (TPSA) is 49.3 Å². The summed E-state index contributed by atoms with van der Waals surface area (Å²) in [4.78, 5) is 10.6. The Kier molecular flexibility index (Phi) is 2.88. The highest BCUT2D eigenvalue weighted by molar-refractivity contribution is 5.73. The third-order valence-corrected chi connectivity index (χ3v) is 2.27. The van der Waals surface area contributed by atoms with E-state index in [0.29, 0.717) is 5.92 Å². The Morgan fingerprint density at radius 3 is 2.82 bits per heavy atom. The highest BCUT2D eigenvalue weighted by atomic mass is 16.4. The van der Waals surface area contributed by atoms with Gasteiger partial charge in [-0.2, -0.15) is 0 Å². The number of carboxylic acid groups (broad SMARTS) is 1. The van der Waals surface area contributed by atoms with E-state index >= 15 is 0 Å². The van der Waals surface area contributed by atoms with E-state index in [9.17, 15) is 4.79 Å². The van der Waals surface area contributed by atoms with Gasteiger partial charge in [-0.05, 0) is 31.7 Å². The van der Waals surface area contributed by atoms with E-state index in [4.69, 9.17) is 5.11 Å². The van der Waals surface area contributed by atoms with E-state index in [1.54, 1.807) is 0 Å². The summed E-state index contributed by atoms with van der Waals surface area (Å²) < 4.78 is 0. The van der Waals surface area contributed by atoms with Crippen molar-refractivity contribution in [2.75, 3.05) is 6.54 Å². The number of hydrogen-bond donors (Lipinski definition) is 2. The molecule has 64 valence electrons. The second-order valence-corrected chi connectivity index (χ2v) is 3.32. The molecule has 0 bridgehead atoms. The molecule has 2 N–H and O–H groups in total. The zero-order valence-corrected chi connectivity index (χ0v) is 6.84. The number of carbonyl (C=O) groups is 1. The van der Waals surface area contributed by atoms with Crippen LogP contribution in [0.15, 0.2) is 0 Å². The molecule has 0 aromatic carbocycles. The number of nitrogens with one attached hydrogen (secondary N) is 1. The Hall–Kier alpha value is -0.570. The van der Waals surface area contributed by atoms with Crippen LogP contribution in [-0.2, 0) is 4.79 Å². The van der Waals surface area contributed by atoms with Crippen molar-refractivity contribution in [1.82, 2.24) is 5.32 Å². The van der Waals surface area contributed by atoms with Gasteiger partial charge in [-0.25, -0.2) is 0 Å². The van der Waals surface area contributed by atoms with Crippen molar-refractivity contribution < 1.29 is 9.90 Å². The van der Waals surface area contributed by atoms with Gasteiger partial charge in [0, 0.05) is 0 Å². The van der Waals surface area contributed by atoms with E-state index < -0.39 is 5.97 Å². The van der Waals surface area contributed by atoms with Gasteiger partial charge in [0.15, 0.2) is 0 Å². The molecule has 0 amide bonds. The quantitative estimate of drug-likeness (QED) is 0.593. The van der Waals surface area contributed by atoms with Crippen LogP contribution in [0.4, 0.5) is 0 Å². The highest BCUT2D eigenvalue weighted by Gasteiger charge is 2.20. The lowest BCUT2D eigenvalue weighted by Crippen LogP contribution is -2.35. The fraction of sp³-hybridized carbons (Fsp3) is 0.875. The van der Waals surface area contributed by atoms with E-state index in [1.165, 1.54) is 0 Å². The SMILES string of the molecule is CC1CCNC(C(=O)O)CC1. The number of carboxylic acids is 1. The molecule has 2 atom stereocenters. The predicted octanol–water partition coefficient (Wildman–Crippen LogP) is 0.849. The van der Waals surface area contributed by atoms with Gasteiger partial charge in [-0.3, -0.25) is 4.79 Å². The molecule has 1 saturated heterocycles. The van der Waals surface area contributed by atoms with Gasteiger partial charge in [0.1, 0.15) is 6.04 Å². The Labute approximate surface area is 66.8 Å². The number of hydrogen-bond acceptors (Lipinski definition) is 2. The predicted molar refractivity (Wildman–Crippen MR) is 42.4 cm³/mol. The summed E-state index contributed by atoms with van der Waals surface area (Å²) >= 11 is 0. The summed E-state index contributed by atoms with van der Waals surface area (Å²) in [6, 6.07) is -0.306. The summed E-state index contributed by atoms with van der Waals surface area (Å²) in [5.74, 6) is -0.0362. The van der Waals surface area contributed by atoms with Crippen molar-refractivity contribution in [3.8, 4) is 0 Å². The molecule has 0 aromatic rings. The van der Waals surface area contributed by atoms with Crippen molar-refractivity contribution in [3.05, 3.63) is 0 Å². The first-order valence-electron chi connectivity index (χ1n) is 4.16. The highest BCUT2D eigenvalue weighted by Crippen LogP contribution is 2.15. The molecular formula is C8H15NO2. The molecule has 0 aliphatic carbocycles. The van der Waals surface area contributed by atoms with Crippen LogP contribution in [0.1, 0.15) is 26.2 Å². The van der Waals surface area contributed by atoms with Gasteiger partial charge in [-0.1, -0.05) is 6.92 Å². The summed E-state index contributed by atoms with van der Waals surface area (Å²) in [7, 11) is 0. The fourth-order valence-corrected chi connectivity index (χ4v) is 1.41. The molecule has 0 radical (unpaired) electrons. The first-order chi connectivity index (χ1) is 5.20. The third-order valence-electron chi connectivity index (χ3n) is 2.27. The maximum atomic E-state index is 10.6. The molecule has 1 aliphatic heterocycles. The van der Waals surface area contributed by atoms with E-state index in [1.807, 2.05) is 0 Å². The Balaban J connectivity index is 2.40. The maximum Gasteiger partial charge on any atom is 0.320 e. The van der Waals surface area contributed by atoms with Crippen molar-refractivity contribution in [1.29, 1.82) is 0 Å². The van der Waals surface area contributed by atoms with Gasteiger partial charge in [0.05, 0.1) is 0 Å². The first kappa shape index (κ1) is 8.53. The zero-order valence-electron chi connectivity index (χ0n) is 6.84. The van der Waals surface area contributed by atoms with Gasteiger partial charge in [0.25, 0.3) is 0 Å². The van der Waals surface area contributed by atoms with Gasteiger partial charge < -0.3 is 10.4 Å². The van der Waals surface area contributed by atoms with Crippen LogP contribution in [0, 0.1) is 5.92 Å². The average Bonchev–Trinajstić information content (AvgIpc) is 2.13. The molecule has 1 rings (SSSR count). The number of rotatable bonds is 1. The zero-order chi connectivity index (χ0) is 8.27. The molecule has 2 unspecified atom stereocenters. The molecule has 3 nitrogen and oxygen atoms in total. The minimum atomic E-state index is -0.709. The van der Waals surface area contributed by atoms with E-state index in [0.717, 1.165) is 25.8 Å².